The smallest absolute Gasteiger partial charge is 0.430 e. The molecule has 4 fully saturated rings. The van der Waals surface area contributed by atoms with Crippen molar-refractivity contribution < 1.29 is 63.2 Å². The van der Waals surface area contributed by atoms with Crippen molar-refractivity contribution >= 4 is 27.8 Å². The minimum Gasteiger partial charge on any atom is -0.456 e. The highest BCUT2D eigenvalue weighted by molar-refractivity contribution is 7.88. The highest BCUT2D eigenvalue weighted by Gasteiger charge is 2.85. The zero-order valence-corrected chi connectivity index (χ0v) is 16.3. The first-order chi connectivity index (χ1) is 13.9. The molecule has 15 heteroatoms. The summed E-state index contributed by atoms with van der Waals surface area (Å²) in [4.78, 5) is 35.8. The molecule has 0 spiro atoms. The molecular formula is C16H16F6O8S. The number of alkyl halides is 6. The third kappa shape index (κ3) is 3.68. The summed E-state index contributed by atoms with van der Waals surface area (Å²) in [6, 6.07) is 0. The molecule has 0 heterocycles. The molecule has 0 radical (unpaired) electrons. The highest BCUT2D eigenvalue weighted by Crippen LogP contribution is 2.55. The molecule has 31 heavy (non-hydrogen) atoms. The molecule has 1 N–H and O–H groups in total. The Hall–Kier alpha value is -1.90. The maximum absolute atomic E-state index is 13.1. The zero-order valence-electron chi connectivity index (χ0n) is 15.5. The Labute approximate surface area is 171 Å². The lowest BCUT2D eigenvalue weighted by Gasteiger charge is -2.54. The third-order valence-electron chi connectivity index (χ3n) is 6.06. The molecule has 8 nitrogen and oxygen atoms in total. The van der Waals surface area contributed by atoms with Gasteiger partial charge in [0.2, 0.25) is 0 Å². The van der Waals surface area contributed by atoms with E-state index in [0.717, 1.165) is 0 Å². The van der Waals surface area contributed by atoms with Crippen LogP contribution in [0.3, 0.4) is 0 Å². The fraction of sp³-hybridized carbons (Fsp3) is 0.812. The van der Waals surface area contributed by atoms with Crippen LogP contribution < -0.4 is 0 Å². The van der Waals surface area contributed by atoms with Crippen molar-refractivity contribution in [1.29, 1.82) is 0 Å². The zero-order chi connectivity index (χ0) is 23.6. The third-order valence-corrected chi connectivity index (χ3v) is 7.47. The molecule has 0 aliphatic heterocycles. The fourth-order valence-corrected chi connectivity index (χ4v) is 5.94. The number of hydrogen-bond donors (Lipinski definition) is 1. The molecule has 2 atom stereocenters. The van der Waals surface area contributed by atoms with Gasteiger partial charge in [-0.3, -0.25) is 9.35 Å². The topological polar surface area (TPSA) is 124 Å². The number of carbonyl (C=O) groups is 3. The molecule has 2 unspecified atom stereocenters. The first-order valence-electron chi connectivity index (χ1n) is 8.97. The van der Waals surface area contributed by atoms with Gasteiger partial charge in [0.15, 0.2) is 6.61 Å². The summed E-state index contributed by atoms with van der Waals surface area (Å²) >= 11 is 0. The second-order valence-corrected chi connectivity index (χ2v) is 9.69. The van der Waals surface area contributed by atoms with E-state index in [0.29, 0.717) is 19.3 Å². The molecule has 4 saturated carbocycles. The van der Waals surface area contributed by atoms with Gasteiger partial charge < -0.3 is 9.47 Å². The van der Waals surface area contributed by atoms with Gasteiger partial charge >= 0.3 is 39.2 Å². The number of ketones is 1. The first-order valence-corrected chi connectivity index (χ1v) is 10.4. The van der Waals surface area contributed by atoms with Crippen LogP contribution in [0.15, 0.2) is 0 Å². The Morgan fingerprint density at radius 1 is 1.00 bits per heavy atom. The van der Waals surface area contributed by atoms with Gasteiger partial charge in [0.1, 0.15) is 11.4 Å². The molecule has 0 aromatic heterocycles. The minimum atomic E-state index is -7.15. The number of rotatable bonds is 5. The van der Waals surface area contributed by atoms with Crippen LogP contribution in [-0.4, -0.2) is 60.0 Å². The largest absolute Gasteiger partial charge is 0.456 e. The van der Waals surface area contributed by atoms with Gasteiger partial charge in [-0.15, -0.1) is 0 Å². The first kappa shape index (κ1) is 23.8. The summed E-state index contributed by atoms with van der Waals surface area (Å²) in [7, 11) is -7.15. The Morgan fingerprint density at radius 3 is 1.90 bits per heavy atom. The van der Waals surface area contributed by atoms with Crippen molar-refractivity contribution in [2.45, 2.75) is 54.8 Å². The Morgan fingerprint density at radius 2 is 1.48 bits per heavy atom. The molecule has 4 bridgehead atoms. The van der Waals surface area contributed by atoms with E-state index in [-0.39, 0.29) is 36.4 Å². The van der Waals surface area contributed by atoms with Gasteiger partial charge in [0.25, 0.3) is 0 Å². The predicted molar refractivity (Wildman–Crippen MR) is 84.7 cm³/mol. The normalized spacial score (nSPS) is 30.9. The summed E-state index contributed by atoms with van der Waals surface area (Å²) in [5.41, 5.74) is -1.15. The van der Waals surface area contributed by atoms with Gasteiger partial charge in [-0.2, -0.15) is 34.8 Å². The molecule has 4 aliphatic carbocycles. The second-order valence-electron chi connectivity index (χ2n) is 8.13. The van der Waals surface area contributed by atoms with E-state index in [1.807, 2.05) is 0 Å². The number of halogens is 6. The average Bonchev–Trinajstić information content (AvgIpc) is 2.53. The number of ether oxygens (including phenoxy) is 2. The van der Waals surface area contributed by atoms with Crippen molar-refractivity contribution in [3.8, 4) is 0 Å². The molecule has 0 amide bonds. The maximum atomic E-state index is 13.1. The Kier molecular flexibility index (Phi) is 5.40. The van der Waals surface area contributed by atoms with Crippen LogP contribution in [0.2, 0.25) is 0 Å². The monoisotopic (exact) mass is 482 g/mol. The van der Waals surface area contributed by atoms with Crippen molar-refractivity contribution in [2.75, 3.05) is 6.61 Å². The van der Waals surface area contributed by atoms with E-state index in [9.17, 15) is 49.1 Å². The van der Waals surface area contributed by atoms with Crippen molar-refractivity contribution in [3.63, 3.8) is 0 Å². The van der Waals surface area contributed by atoms with Crippen LogP contribution in [0.25, 0.3) is 0 Å². The van der Waals surface area contributed by atoms with Gasteiger partial charge in [-0.25, -0.2) is 9.59 Å². The van der Waals surface area contributed by atoms with Crippen molar-refractivity contribution in [3.05, 3.63) is 0 Å². The summed E-state index contributed by atoms with van der Waals surface area (Å²) < 4.78 is 112. The molecule has 0 saturated heterocycles. The van der Waals surface area contributed by atoms with Crippen LogP contribution >= 0.6 is 0 Å². The van der Waals surface area contributed by atoms with Gasteiger partial charge in [-0.1, -0.05) is 0 Å². The fourth-order valence-electron chi connectivity index (χ4n) is 5.09. The maximum Gasteiger partial charge on any atom is 0.430 e. The number of hydrogen-bond acceptors (Lipinski definition) is 7. The van der Waals surface area contributed by atoms with E-state index in [1.165, 1.54) is 0 Å². The van der Waals surface area contributed by atoms with Crippen molar-refractivity contribution in [1.82, 2.24) is 0 Å². The van der Waals surface area contributed by atoms with Crippen LogP contribution in [0.5, 0.6) is 0 Å². The van der Waals surface area contributed by atoms with Crippen LogP contribution in [0, 0.1) is 17.8 Å². The van der Waals surface area contributed by atoms with Crippen LogP contribution in [0.4, 0.5) is 26.3 Å². The van der Waals surface area contributed by atoms with Gasteiger partial charge in [0, 0.05) is 11.8 Å². The lowest BCUT2D eigenvalue weighted by molar-refractivity contribution is -0.269. The van der Waals surface area contributed by atoms with E-state index >= 15 is 0 Å². The second kappa shape index (κ2) is 7.05. The van der Waals surface area contributed by atoms with Crippen LogP contribution in [-0.2, 0) is 34.0 Å². The predicted octanol–water partition coefficient (Wildman–Crippen LogP) is 1.97. The van der Waals surface area contributed by atoms with E-state index in [4.69, 9.17) is 9.29 Å². The highest BCUT2D eigenvalue weighted by atomic mass is 32.2. The van der Waals surface area contributed by atoms with E-state index in [2.05, 4.69) is 4.74 Å². The molecule has 0 aromatic carbocycles. The molecule has 176 valence electrons. The number of carbonyl (C=O) groups excluding carboxylic acids is 3. The van der Waals surface area contributed by atoms with Gasteiger partial charge in [0.05, 0.1) is 0 Å². The average molecular weight is 482 g/mol. The van der Waals surface area contributed by atoms with E-state index < -0.39 is 51.4 Å². The Bertz CT molecular complexity index is 876. The molecule has 4 rings (SSSR count). The summed E-state index contributed by atoms with van der Waals surface area (Å²) in [6.07, 6.45) is -11.9. The van der Waals surface area contributed by atoms with Crippen LogP contribution in [0.1, 0.15) is 32.1 Å². The summed E-state index contributed by atoms with van der Waals surface area (Å²) in [6.45, 7) is -1.75. The molecular weight excluding hydrogens is 466 g/mol. The SMILES string of the molecule is O=C(COC(=O)C(C(F)(F)F)(C(F)(F)F)S(=O)(=O)O)OC12CC3CC(C1)C(=O)C(C3)C2. The Balaban J connectivity index is 1.75. The minimum absolute atomic E-state index is 0.0161. The van der Waals surface area contributed by atoms with Crippen molar-refractivity contribution in [2.24, 2.45) is 17.8 Å². The summed E-state index contributed by atoms with van der Waals surface area (Å²) in [5, 5.41) is 0. The molecule has 4 aliphatic rings. The molecule has 0 aromatic rings. The van der Waals surface area contributed by atoms with Gasteiger partial charge in [-0.05, 0) is 38.0 Å². The standard InChI is InChI=1S/C16H16F6O8S/c17-15(18,19)14(16(20,21)22,31(26,27)28)12(25)29-6-10(23)30-13-3-7-1-8(4-13)11(24)9(2-7)5-13/h7-9H,1-6H2,(H,26,27,28). The van der Waals surface area contributed by atoms with E-state index in [1.54, 1.807) is 0 Å². The lowest BCUT2D eigenvalue weighted by atomic mass is 9.53. The lowest BCUT2D eigenvalue weighted by Crippen LogP contribution is -2.67. The quantitative estimate of drug-likeness (QED) is 0.359. The number of Topliss-reactive ketones (excluding diaryl/α,β-unsaturated/α-hetero) is 1. The summed E-state index contributed by atoms with van der Waals surface area (Å²) in [5.74, 6) is -5.60. The number of esters is 2.